The number of halogens is 3. The number of nitro benzene ring substituents is 1. The van der Waals surface area contributed by atoms with E-state index in [2.05, 4.69) is 21.2 Å². The summed E-state index contributed by atoms with van der Waals surface area (Å²) < 4.78 is 13.5. The fourth-order valence-electron chi connectivity index (χ4n) is 1.61. The van der Waals surface area contributed by atoms with E-state index in [0.717, 1.165) is 5.56 Å². The van der Waals surface area contributed by atoms with Gasteiger partial charge in [-0.05, 0) is 39.7 Å². The molecule has 1 N–H and O–H groups in total. The molecule has 0 unspecified atom stereocenters. The predicted molar refractivity (Wildman–Crippen MR) is 79.5 cm³/mol. The summed E-state index contributed by atoms with van der Waals surface area (Å²) >= 11 is 9.07. The van der Waals surface area contributed by atoms with Crippen LogP contribution in [0.25, 0.3) is 0 Å². The highest BCUT2D eigenvalue weighted by Gasteiger charge is 2.09. The van der Waals surface area contributed by atoms with Gasteiger partial charge in [0, 0.05) is 18.7 Å². The Labute approximate surface area is 127 Å². The molecular formula is C13H9BrClFN2O2. The van der Waals surface area contributed by atoms with E-state index in [4.69, 9.17) is 11.6 Å². The summed E-state index contributed by atoms with van der Waals surface area (Å²) in [5.41, 5.74) is 1.24. The van der Waals surface area contributed by atoms with Gasteiger partial charge >= 0.3 is 0 Å². The van der Waals surface area contributed by atoms with E-state index in [1.54, 1.807) is 12.1 Å². The molecule has 0 aromatic heterocycles. The highest BCUT2D eigenvalue weighted by molar-refractivity contribution is 9.10. The average Bonchev–Trinajstić information content (AvgIpc) is 2.41. The number of nitro groups is 1. The van der Waals surface area contributed by atoms with Crippen LogP contribution >= 0.6 is 27.5 Å². The van der Waals surface area contributed by atoms with Crippen LogP contribution in [0.1, 0.15) is 5.56 Å². The largest absolute Gasteiger partial charge is 0.380 e. The van der Waals surface area contributed by atoms with E-state index in [1.807, 2.05) is 0 Å². The molecule has 2 rings (SSSR count). The molecule has 0 saturated carbocycles. The van der Waals surface area contributed by atoms with Gasteiger partial charge in [0.1, 0.15) is 5.82 Å². The van der Waals surface area contributed by atoms with Crippen molar-refractivity contribution in [3.8, 4) is 0 Å². The minimum atomic E-state index is -0.490. The van der Waals surface area contributed by atoms with Gasteiger partial charge in [-0.15, -0.1) is 0 Å². The Bertz CT molecular complexity index is 667. The molecule has 4 nitrogen and oxygen atoms in total. The number of nitrogens with one attached hydrogen (secondary N) is 1. The van der Waals surface area contributed by atoms with Crippen molar-refractivity contribution in [2.75, 3.05) is 5.32 Å². The molecular weight excluding hydrogens is 351 g/mol. The highest BCUT2D eigenvalue weighted by Crippen LogP contribution is 2.27. The van der Waals surface area contributed by atoms with Crippen LogP contribution in [-0.4, -0.2) is 4.92 Å². The van der Waals surface area contributed by atoms with Gasteiger partial charge in [0.05, 0.1) is 20.1 Å². The maximum absolute atomic E-state index is 13.1. The van der Waals surface area contributed by atoms with Gasteiger partial charge in [-0.25, -0.2) is 4.39 Å². The quantitative estimate of drug-likeness (QED) is 0.632. The number of hydrogen-bond acceptors (Lipinski definition) is 3. The molecule has 0 aliphatic carbocycles. The van der Waals surface area contributed by atoms with Gasteiger partial charge in [0.2, 0.25) is 0 Å². The lowest BCUT2D eigenvalue weighted by Crippen LogP contribution is -2.01. The summed E-state index contributed by atoms with van der Waals surface area (Å²) in [7, 11) is 0. The highest BCUT2D eigenvalue weighted by atomic mass is 79.9. The molecule has 0 saturated heterocycles. The Balaban J connectivity index is 2.15. The topological polar surface area (TPSA) is 55.2 Å². The van der Waals surface area contributed by atoms with Crippen LogP contribution in [0.2, 0.25) is 5.02 Å². The average molecular weight is 360 g/mol. The molecule has 0 atom stereocenters. The van der Waals surface area contributed by atoms with Gasteiger partial charge in [-0.1, -0.05) is 17.7 Å². The molecule has 2 aromatic rings. The van der Waals surface area contributed by atoms with Crippen molar-refractivity contribution in [1.29, 1.82) is 0 Å². The number of nitrogens with zero attached hydrogens (tertiary/aromatic N) is 1. The molecule has 20 heavy (non-hydrogen) atoms. The van der Waals surface area contributed by atoms with Crippen LogP contribution in [0.15, 0.2) is 40.9 Å². The summed E-state index contributed by atoms with van der Waals surface area (Å²) in [4.78, 5) is 10.2. The van der Waals surface area contributed by atoms with Crippen LogP contribution in [0.4, 0.5) is 15.8 Å². The number of hydrogen-bond donors (Lipinski definition) is 1. The second kappa shape index (κ2) is 6.19. The lowest BCUT2D eigenvalue weighted by molar-refractivity contribution is -0.384. The smallest absolute Gasteiger partial charge is 0.271 e. The van der Waals surface area contributed by atoms with Crippen LogP contribution in [-0.2, 0) is 6.54 Å². The first-order valence-corrected chi connectivity index (χ1v) is 6.76. The van der Waals surface area contributed by atoms with Crippen LogP contribution in [0.5, 0.6) is 0 Å². The molecule has 0 fully saturated rings. The second-order valence-electron chi connectivity index (χ2n) is 4.02. The van der Waals surface area contributed by atoms with Crippen molar-refractivity contribution in [2.24, 2.45) is 0 Å². The first-order valence-electron chi connectivity index (χ1n) is 5.59. The molecule has 0 aliphatic rings. The van der Waals surface area contributed by atoms with E-state index in [1.165, 1.54) is 24.3 Å². The Morgan fingerprint density at radius 1 is 1.30 bits per heavy atom. The zero-order chi connectivity index (χ0) is 14.7. The van der Waals surface area contributed by atoms with E-state index < -0.39 is 4.92 Å². The number of anilines is 1. The Kier molecular flexibility index (Phi) is 4.57. The lowest BCUT2D eigenvalue weighted by Gasteiger charge is -2.09. The molecule has 104 valence electrons. The number of non-ortho nitro benzene ring substituents is 1. The van der Waals surface area contributed by atoms with Crippen molar-refractivity contribution in [3.05, 3.63) is 67.4 Å². The Morgan fingerprint density at radius 3 is 2.70 bits per heavy atom. The van der Waals surface area contributed by atoms with Crippen molar-refractivity contribution in [2.45, 2.75) is 6.54 Å². The van der Waals surface area contributed by atoms with E-state index >= 15 is 0 Å². The molecule has 0 bridgehead atoms. The minimum absolute atomic E-state index is 0.0443. The zero-order valence-electron chi connectivity index (χ0n) is 10.1. The van der Waals surface area contributed by atoms with Crippen molar-refractivity contribution in [1.82, 2.24) is 0 Å². The van der Waals surface area contributed by atoms with Gasteiger partial charge in [0.15, 0.2) is 0 Å². The van der Waals surface area contributed by atoms with Gasteiger partial charge in [-0.2, -0.15) is 0 Å². The molecule has 0 amide bonds. The van der Waals surface area contributed by atoms with Crippen molar-refractivity contribution < 1.29 is 9.31 Å². The fourth-order valence-corrected chi connectivity index (χ4v) is 2.22. The minimum Gasteiger partial charge on any atom is -0.380 e. The first kappa shape index (κ1) is 14.7. The summed E-state index contributed by atoms with van der Waals surface area (Å²) in [6.07, 6.45) is 0. The third kappa shape index (κ3) is 3.46. The maximum atomic E-state index is 13.1. The summed E-state index contributed by atoms with van der Waals surface area (Å²) in [6.45, 7) is 0.375. The molecule has 0 spiro atoms. The Morgan fingerprint density at radius 2 is 2.05 bits per heavy atom. The van der Waals surface area contributed by atoms with Crippen molar-refractivity contribution >= 4 is 38.9 Å². The number of benzene rings is 2. The van der Waals surface area contributed by atoms with Crippen LogP contribution in [0, 0.1) is 15.9 Å². The maximum Gasteiger partial charge on any atom is 0.271 e. The second-order valence-corrected chi connectivity index (χ2v) is 5.28. The van der Waals surface area contributed by atoms with Gasteiger partial charge in [-0.3, -0.25) is 10.1 Å². The van der Waals surface area contributed by atoms with Gasteiger partial charge < -0.3 is 5.32 Å². The summed E-state index contributed by atoms with van der Waals surface area (Å²) in [5.74, 6) is -0.345. The third-order valence-electron chi connectivity index (χ3n) is 2.63. The van der Waals surface area contributed by atoms with Crippen LogP contribution < -0.4 is 5.32 Å². The zero-order valence-corrected chi connectivity index (χ0v) is 12.4. The van der Waals surface area contributed by atoms with E-state index in [-0.39, 0.29) is 11.5 Å². The number of rotatable bonds is 4. The molecule has 0 aliphatic heterocycles. The molecule has 0 heterocycles. The molecule has 2 aromatic carbocycles. The van der Waals surface area contributed by atoms with E-state index in [0.29, 0.717) is 21.7 Å². The monoisotopic (exact) mass is 358 g/mol. The summed E-state index contributed by atoms with van der Waals surface area (Å²) in [6, 6.07) is 8.76. The first-order chi connectivity index (χ1) is 9.47. The van der Waals surface area contributed by atoms with Crippen molar-refractivity contribution in [3.63, 3.8) is 0 Å². The van der Waals surface area contributed by atoms with Crippen LogP contribution in [0.3, 0.4) is 0 Å². The standard InChI is InChI=1S/C13H9BrClFN2O2/c14-10-5-8(1-4-12(10)16)7-17-13-6-9(18(19)20)2-3-11(13)15/h1-6,17H,7H2. The SMILES string of the molecule is O=[N+]([O-])c1ccc(Cl)c(NCc2ccc(F)c(Br)c2)c1. The Hall–Kier alpha value is -1.66. The summed E-state index contributed by atoms with van der Waals surface area (Å²) in [5, 5.41) is 14.1. The molecule has 0 radical (unpaired) electrons. The fraction of sp³-hybridized carbons (Fsp3) is 0.0769. The van der Waals surface area contributed by atoms with E-state index in [9.17, 15) is 14.5 Å². The van der Waals surface area contributed by atoms with Gasteiger partial charge in [0.25, 0.3) is 5.69 Å². The third-order valence-corrected chi connectivity index (χ3v) is 3.57. The normalized spacial score (nSPS) is 10.3. The predicted octanol–water partition coefficient (Wildman–Crippen LogP) is 4.76. The lowest BCUT2D eigenvalue weighted by atomic mass is 10.2. The molecule has 7 heteroatoms.